The second kappa shape index (κ2) is 6.24. The fourth-order valence-electron chi connectivity index (χ4n) is 2.25. The van der Waals surface area contributed by atoms with Crippen LogP contribution in [0.5, 0.6) is 0 Å². The summed E-state index contributed by atoms with van der Waals surface area (Å²) < 4.78 is 0. The molecule has 1 aliphatic heterocycles. The third-order valence-corrected chi connectivity index (χ3v) is 5.54. The molecule has 0 saturated carbocycles. The van der Waals surface area contributed by atoms with E-state index in [0.29, 0.717) is 5.75 Å². The Morgan fingerprint density at radius 3 is 2.40 bits per heavy atom. The zero-order chi connectivity index (χ0) is 15.7. The monoisotopic (exact) mass is 302 g/mol. The molecule has 0 radical (unpaired) electrons. The average molecular weight is 302 g/mol. The summed E-state index contributed by atoms with van der Waals surface area (Å²) in [4.78, 5) is 27.2. The minimum Gasteiger partial charge on any atom is -0.480 e. The van der Waals surface area contributed by atoms with E-state index < -0.39 is 12.0 Å². The number of carboxylic acids is 1. The fraction of sp³-hybridized carbons (Fsp3) is 0.857. The van der Waals surface area contributed by atoms with Crippen LogP contribution in [0, 0.1) is 5.41 Å². The molecule has 5 nitrogen and oxygen atoms in total. The average Bonchev–Trinajstić information content (AvgIpc) is 2.78. The van der Waals surface area contributed by atoms with Crippen molar-refractivity contribution in [3.63, 3.8) is 0 Å². The van der Waals surface area contributed by atoms with Crippen molar-refractivity contribution in [2.75, 3.05) is 12.8 Å². The predicted molar refractivity (Wildman–Crippen MR) is 81.9 cm³/mol. The first-order valence-electron chi connectivity index (χ1n) is 7.00. The van der Waals surface area contributed by atoms with Gasteiger partial charge in [0.25, 0.3) is 0 Å². The highest BCUT2D eigenvalue weighted by Crippen LogP contribution is 2.33. The van der Waals surface area contributed by atoms with Gasteiger partial charge in [-0.1, -0.05) is 27.7 Å². The lowest BCUT2D eigenvalue weighted by atomic mass is 9.87. The molecular weight excluding hydrogens is 276 g/mol. The van der Waals surface area contributed by atoms with Crippen molar-refractivity contribution >= 4 is 23.8 Å². The van der Waals surface area contributed by atoms with Gasteiger partial charge in [0.05, 0.1) is 5.37 Å². The number of hydrogen-bond acceptors (Lipinski definition) is 3. The van der Waals surface area contributed by atoms with Crippen LogP contribution in [0.2, 0.25) is 0 Å². The lowest BCUT2D eigenvalue weighted by Gasteiger charge is -2.39. The van der Waals surface area contributed by atoms with Crippen molar-refractivity contribution in [3.8, 4) is 0 Å². The molecule has 0 aromatic heterocycles. The molecule has 0 aromatic carbocycles. The molecule has 1 aliphatic rings. The van der Waals surface area contributed by atoms with Gasteiger partial charge in [-0.2, -0.15) is 0 Å². The van der Waals surface area contributed by atoms with E-state index in [1.807, 2.05) is 13.8 Å². The molecule has 0 aromatic rings. The lowest BCUT2D eigenvalue weighted by Crippen LogP contribution is -2.54. The van der Waals surface area contributed by atoms with Gasteiger partial charge in [0, 0.05) is 18.8 Å². The standard InChI is InChI=1S/C14H26N2O3S/c1-7-11-16(10(8-20-11)12(17)18)13(19)15(6)9(2)14(3,4)5/h9-11H,7-8H2,1-6H3,(H,17,18). The van der Waals surface area contributed by atoms with Crippen molar-refractivity contribution in [1.29, 1.82) is 0 Å². The number of rotatable bonds is 3. The highest BCUT2D eigenvalue weighted by Gasteiger charge is 2.43. The fourth-order valence-corrected chi connectivity index (χ4v) is 3.59. The number of carbonyl (C=O) groups excluding carboxylic acids is 1. The predicted octanol–water partition coefficient (Wildman–Crippen LogP) is 2.71. The summed E-state index contributed by atoms with van der Waals surface area (Å²) in [6, 6.07) is -0.865. The maximum Gasteiger partial charge on any atom is 0.327 e. The Labute approximate surface area is 125 Å². The molecule has 20 heavy (non-hydrogen) atoms. The third-order valence-electron chi connectivity index (χ3n) is 4.08. The molecule has 0 spiro atoms. The molecule has 2 amide bonds. The first-order valence-corrected chi connectivity index (χ1v) is 8.05. The van der Waals surface area contributed by atoms with Crippen molar-refractivity contribution in [1.82, 2.24) is 9.80 Å². The van der Waals surface area contributed by atoms with Gasteiger partial charge in [-0.3, -0.25) is 4.90 Å². The Kier molecular flexibility index (Phi) is 5.35. The summed E-state index contributed by atoms with van der Waals surface area (Å²) in [6.45, 7) is 10.2. The van der Waals surface area contributed by atoms with Crippen molar-refractivity contribution in [3.05, 3.63) is 0 Å². The smallest absolute Gasteiger partial charge is 0.327 e. The minimum absolute atomic E-state index is 0.0348. The van der Waals surface area contributed by atoms with Crippen LogP contribution in [0.25, 0.3) is 0 Å². The summed E-state index contributed by atoms with van der Waals surface area (Å²) in [6.07, 6.45) is 0.762. The molecule has 3 unspecified atom stereocenters. The molecule has 0 bridgehead atoms. The molecule has 1 saturated heterocycles. The number of nitrogens with zero attached hydrogens (tertiary/aromatic N) is 2. The highest BCUT2D eigenvalue weighted by molar-refractivity contribution is 8.00. The minimum atomic E-state index is -0.918. The number of carbonyl (C=O) groups is 2. The largest absolute Gasteiger partial charge is 0.480 e. The van der Waals surface area contributed by atoms with Crippen molar-refractivity contribution < 1.29 is 14.7 Å². The van der Waals surface area contributed by atoms with Gasteiger partial charge in [0.2, 0.25) is 0 Å². The lowest BCUT2D eigenvalue weighted by molar-refractivity contribution is -0.141. The molecule has 116 valence electrons. The van der Waals surface area contributed by atoms with Crippen LogP contribution in [-0.4, -0.2) is 57.2 Å². The maximum atomic E-state index is 12.7. The first-order chi connectivity index (χ1) is 9.11. The van der Waals surface area contributed by atoms with Crippen LogP contribution < -0.4 is 0 Å². The van der Waals surface area contributed by atoms with Crippen LogP contribution in [0.3, 0.4) is 0 Å². The SMILES string of the molecule is CCC1SCC(C(=O)O)N1C(=O)N(C)C(C)C(C)(C)C. The molecule has 6 heteroatoms. The van der Waals surface area contributed by atoms with E-state index in [4.69, 9.17) is 0 Å². The zero-order valence-corrected chi connectivity index (χ0v) is 14.0. The maximum absolute atomic E-state index is 12.7. The van der Waals surface area contributed by atoms with Gasteiger partial charge in [-0.15, -0.1) is 11.8 Å². The highest BCUT2D eigenvalue weighted by atomic mass is 32.2. The van der Waals surface area contributed by atoms with Gasteiger partial charge in [0.15, 0.2) is 0 Å². The Bertz CT molecular complexity index is 381. The number of hydrogen-bond donors (Lipinski definition) is 1. The Hall–Kier alpha value is -0.910. The Morgan fingerprint density at radius 2 is 2.00 bits per heavy atom. The van der Waals surface area contributed by atoms with Crippen LogP contribution in [0.4, 0.5) is 4.79 Å². The van der Waals surface area contributed by atoms with Gasteiger partial charge in [-0.05, 0) is 18.8 Å². The third kappa shape index (κ3) is 3.40. The number of amides is 2. The Morgan fingerprint density at radius 1 is 1.45 bits per heavy atom. The quantitative estimate of drug-likeness (QED) is 0.871. The number of urea groups is 1. The van der Waals surface area contributed by atoms with Crippen LogP contribution in [0.1, 0.15) is 41.0 Å². The number of aliphatic carboxylic acids is 1. The van der Waals surface area contributed by atoms with E-state index in [2.05, 4.69) is 20.8 Å². The van der Waals surface area contributed by atoms with E-state index in [1.165, 1.54) is 4.90 Å². The second-order valence-corrected chi connectivity index (χ2v) is 7.60. The Balaban J connectivity index is 2.94. The normalized spacial score (nSPS) is 24.6. The van der Waals surface area contributed by atoms with E-state index in [0.717, 1.165) is 6.42 Å². The summed E-state index contributed by atoms with van der Waals surface area (Å²) in [7, 11) is 1.76. The summed E-state index contributed by atoms with van der Waals surface area (Å²) in [5.74, 6) is -0.448. The molecular formula is C14H26N2O3S. The van der Waals surface area contributed by atoms with Crippen molar-refractivity contribution in [2.24, 2.45) is 5.41 Å². The number of carboxylic acid groups (broad SMARTS) is 1. The van der Waals surface area contributed by atoms with Crippen molar-refractivity contribution in [2.45, 2.75) is 58.5 Å². The van der Waals surface area contributed by atoms with Gasteiger partial charge >= 0.3 is 12.0 Å². The summed E-state index contributed by atoms with van der Waals surface area (Å²) in [5.41, 5.74) is -0.0439. The molecule has 1 N–H and O–H groups in total. The van der Waals surface area contributed by atoms with Crippen LogP contribution >= 0.6 is 11.8 Å². The van der Waals surface area contributed by atoms with E-state index >= 15 is 0 Å². The summed E-state index contributed by atoms with van der Waals surface area (Å²) >= 11 is 1.55. The molecule has 0 aliphatic carbocycles. The zero-order valence-electron chi connectivity index (χ0n) is 13.2. The van der Waals surface area contributed by atoms with Crippen LogP contribution in [-0.2, 0) is 4.79 Å². The number of thioether (sulfide) groups is 1. The first kappa shape index (κ1) is 17.1. The van der Waals surface area contributed by atoms with E-state index in [1.54, 1.807) is 23.7 Å². The van der Waals surface area contributed by atoms with E-state index in [9.17, 15) is 14.7 Å². The van der Waals surface area contributed by atoms with E-state index in [-0.39, 0.29) is 22.9 Å². The second-order valence-electron chi connectivity index (χ2n) is 6.39. The molecule has 1 fully saturated rings. The van der Waals surface area contributed by atoms with Crippen LogP contribution in [0.15, 0.2) is 0 Å². The molecule has 1 rings (SSSR count). The van der Waals surface area contributed by atoms with Gasteiger partial charge in [-0.25, -0.2) is 9.59 Å². The van der Waals surface area contributed by atoms with Gasteiger partial charge < -0.3 is 10.0 Å². The summed E-state index contributed by atoms with van der Waals surface area (Å²) in [5, 5.41) is 9.26. The topological polar surface area (TPSA) is 60.9 Å². The van der Waals surface area contributed by atoms with Gasteiger partial charge in [0.1, 0.15) is 6.04 Å². The molecule has 3 atom stereocenters. The molecule has 1 heterocycles.